The lowest BCUT2D eigenvalue weighted by molar-refractivity contribution is -0.274. The molecule has 1 amide bonds. The summed E-state index contributed by atoms with van der Waals surface area (Å²) in [5.41, 5.74) is 6.06. The minimum Gasteiger partial charge on any atom is -0.406 e. The quantitative estimate of drug-likeness (QED) is 0.641. The number of carbonyl (C=O) groups is 1. The van der Waals surface area contributed by atoms with Crippen molar-refractivity contribution in [1.82, 2.24) is 4.90 Å². The van der Waals surface area contributed by atoms with Gasteiger partial charge in [-0.2, -0.15) is 0 Å². The maximum absolute atomic E-state index is 12.0. The van der Waals surface area contributed by atoms with Crippen molar-refractivity contribution in [2.24, 2.45) is 10.7 Å². The van der Waals surface area contributed by atoms with Crippen molar-refractivity contribution in [3.63, 3.8) is 0 Å². The first-order chi connectivity index (χ1) is 10.2. The Morgan fingerprint density at radius 2 is 1.91 bits per heavy atom. The van der Waals surface area contributed by atoms with Crippen LogP contribution in [-0.2, 0) is 4.79 Å². The zero-order chi connectivity index (χ0) is 16.8. The number of aliphatic imine (C=N–C) groups is 1. The van der Waals surface area contributed by atoms with Crippen LogP contribution in [0, 0.1) is 0 Å². The van der Waals surface area contributed by atoms with E-state index in [-0.39, 0.29) is 30.6 Å². The molecular weight excluding hydrogens is 301 g/mol. The first kappa shape index (κ1) is 17.6. The molecule has 0 atom stereocenters. The summed E-state index contributed by atoms with van der Waals surface area (Å²) in [4.78, 5) is 16.7. The summed E-state index contributed by atoms with van der Waals surface area (Å²) in [6, 6.07) is 5.04. The van der Waals surface area contributed by atoms with Crippen LogP contribution in [0.1, 0.15) is 6.42 Å². The Morgan fingerprint density at radius 3 is 2.41 bits per heavy atom. The number of guanidine groups is 1. The van der Waals surface area contributed by atoms with E-state index in [1.807, 2.05) is 0 Å². The van der Waals surface area contributed by atoms with E-state index in [4.69, 9.17) is 5.73 Å². The van der Waals surface area contributed by atoms with Gasteiger partial charge in [-0.25, -0.2) is 0 Å². The molecule has 3 N–H and O–H groups in total. The van der Waals surface area contributed by atoms with E-state index in [9.17, 15) is 18.0 Å². The molecule has 1 aromatic carbocycles. The van der Waals surface area contributed by atoms with Crippen molar-refractivity contribution in [3.05, 3.63) is 24.3 Å². The van der Waals surface area contributed by atoms with Crippen LogP contribution in [0.5, 0.6) is 5.75 Å². The molecule has 0 heterocycles. The summed E-state index contributed by atoms with van der Waals surface area (Å²) in [6.45, 7) is 0.213. The van der Waals surface area contributed by atoms with Crippen LogP contribution in [0.25, 0.3) is 0 Å². The Kier molecular flexibility index (Phi) is 6.02. The van der Waals surface area contributed by atoms with E-state index in [0.29, 0.717) is 5.69 Å². The Hall–Kier alpha value is -2.45. The number of nitrogens with zero attached hydrogens (tertiary/aromatic N) is 2. The van der Waals surface area contributed by atoms with Gasteiger partial charge >= 0.3 is 6.36 Å². The van der Waals surface area contributed by atoms with Gasteiger partial charge in [-0.05, 0) is 24.3 Å². The smallest absolute Gasteiger partial charge is 0.406 e. The Morgan fingerprint density at radius 1 is 1.32 bits per heavy atom. The molecule has 9 heteroatoms. The fourth-order valence-electron chi connectivity index (χ4n) is 1.42. The molecule has 6 nitrogen and oxygen atoms in total. The number of benzene rings is 1. The number of nitrogens with two attached hydrogens (primary N) is 1. The standard InChI is InChI=1S/C13H17F3N4O2/c1-20(2)11(21)7-8-18-12(17)19-9-3-5-10(6-4-9)22-13(14,15)16/h3-6H,7-8H2,1-2H3,(H3,17,18,19). The highest BCUT2D eigenvalue weighted by molar-refractivity contribution is 5.92. The van der Waals surface area contributed by atoms with Gasteiger partial charge in [-0.3, -0.25) is 9.79 Å². The number of halogens is 3. The number of carbonyl (C=O) groups excluding carboxylic acids is 1. The van der Waals surface area contributed by atoms with Gasteiger partial charge in [0.25, 0.3) is 0 Å². The summed E-state index contributed by atoms with van der Waals surface area (Å²) in [6.07, 6.45) is -4.51. The number of hydrogen-bond acceptors (Lipinski definition) is 3. The lowest BCUT2D eigenvalue weighted by Crippen LogP contribution is -2.25. The molecule has 0 aliphatic heterocycles. The molecule has 1 rings (SSSR count). The van der Waals surface area contributed by atoms with Crippen molar-refractivity contribution in [1.29, 1.82) is 0 Å². The third-order valence-electron chi connectivity index (χ3n) is 2.47. The van der Waals surface area contributed by atoms with E-state index in [0.717, 1.165) is 12.1 Å². The largest absolute Gasteiger partial charge is 0.573 e. The SMILES string of the molecule is CN(C)C(=O)CCN=C(N)Nc1ccc(OC(F)(F)F)cc1. The molecule has 0 aliphatic rings. The average molecular weight is 318 g/mol. The molecule has 0 aliphatic carbocycles. The minimum atomic E-state index is -4.73. The number of amides is 1. The fraction of sp³-hybridized carbons (Fsp3) is 0.385. The van der Waals surface area contributed by atoms with Crippen molar-refractivity contribution >= 4 is 17.6 Å². The van der Waals surface area contributed by atoms with Crippen molar-refractivity contribution in [2.75, 3.05) is 26.0 Å². The summed E-state index contributed by atoms with van der Waals surface area (Å²) in [5.74, 6) is -0.341. The van der Waals surface area contributed by atoms with Gasteiger partial charge in [0.2, 0.25) is 5.91 Å². The second-order valence-electron chi connectivity index (χ2n) is 4.50. The van der Waals surface area contributed by atoms with Crippen LogP contribution < -0.4 is 15.8 Å². The number of anilines is 1. The van der Waals surface area contributed by atoms with Crippen LogP contribution >= 0.6 is 0 Å². The van der Waals surface area contributed by atoms with Gasteiger partial charge in [0.1, 0.15) is 5.75 Å². The number of rotatable bonds is 5. The Labute approximate surface area is 125 Å². The van der Waals surface area contributed by atoms with Gasteiger partial charge in [0, 0.05) is 26.2 Å². The van der Waals surface area contributed by atoms with Crippen LogP contribution in [0.2, 0.25) is 0 Å². The number of alkyl halides is 3. The van der Waals surface area contributed by atoms with E-state index in [1.54, 1.807) is 14.1 Å². The van der Waals surface area contributed by atoms with E-state index in [2.05, 4.69) is 15.0 Å². The highest BCUT2D eigenvalue weighted by atomic mass is 19.4. The fourth-order valence-corrected chi connectivity index (χ4v) is 1.42. The zero-order valence-electron chi connectivity index (χ0n) is 12.1. The highest BCUT2D eigenvalue weighted by Gasteiger charge is 2.30. The first-order valence-corrected chi connectivity index (χ1v) is 6.30. The molecule has 122 valence electrons. The lowest BCUT2D eigenvalue weighted by atomic mass is 10.3. The molecule has 0 fully saturated rings. The van der Waals surface area contributed by atoms with Gasteiger partial charge in [0.05, 0.1) is 6.54 Å². The van der Waals surface area contributed by atoms with E-state index in [1.165, 1.54) is 17.0 Å². The van der Waals surface area contributed by atoms with Crippen LogP contribution in [0.4, 0.5) is 18.9 Å². The van der Waals surface area contributed by atoms with Crippen LogP contribution in [-0.4, -0.2) is 43.8 Å². The predicted octanol–water partition coefficient (Wildman–Crippen LogP) is 1.79. The van der Waals surface area contributed by atoms with E-state index >= 15 is 0 Å². The number of nitrogens with one attached hydrogen (secondary N) is 1. The maximum atomic E-state index is 12.0. The molecule has 0 spiro atoms. The summed E-state index contributed by atoms with van der Waals surface area (Å²) < 4.78 is 39.8. The Bertz CT molecular complexity index is 527. The van der Waals surface area contributed by atoms with Crippen molar-refractivity contribution < 1.29 is 22.7 Å². The molecule has 22 heavy (non-hydrogen) atoms. The molecular formula is C13H17F3N4O2. The molecule has 0 radical (unpaired) electrons. The normalized spacial score (nSPS) is 12.0. The number of ether oxygens (including phenoxy) is 1. The third-order valence-corrected chi connectivity index (χ3v) is 2.47. The van der Waals surface area contributed by atoms with Gasteiger partial charge in [-0.15, -0.1) is 13.2 Å². The topological polar surface area (TPSA) is 80.0 Å². The summed E-state index contributed by atoms with van der Waals surface area (Å²) in [5, 5.41) is 2.70. The molecule has 1 aromatic rings. The van der Waals surface area contributed by atoms with Gasteiger partial charge in [-0.1, -0.05) is 0 Å². The van der Waals surface area contributed by atoms with E-state index < -0.39 is 6.36 Å². The molecule has 0 aromatic heterocycles. The molecule has 0 unspecified atom stereocenters. The summed E-state index contributed by atoms with van der Waals surface area (Å²) in [7, 11) is 3.27. The zero-order valence-corrected chi connectivity index (χ0v) is 12.1. The van der Waals surface area contributed by atoms with Crippen molar-refractivity contribution in [3.8, 4) is 5.75 Å². The highest BCUT2D eigenvalue weighted by Crippen LogP contribution is 2.23. The van der Waals surface area contributed by atoms with Gasteiger partial charge in [0.15, 0.2) is 5.96 Å². The number of hydrogen-bond donors (Lipinski definition) is 2. The van der Waals surface area contributed by atoms with Crippen LogP contribution in [0.3, 0.4) is 0 Å². The second kappa shape index (κ2) is 7.53. The average Bonchev–Trinajstić information content (AvgIpc) is 2.39. The Balaban J connectivity index is 2.50. The molecule has 0 bridgehead atoms. The predicted molar refractivity (Wildman–Crippen MR) is 76.5 cm³/mol. The summed E-state index contributed by atoms with van der Waals surface area (Å²) >= 11 is 0. The van der Waals surface area contributed by atoms with Gasteiger partial charge < -0.3 is 20.7 Å². The lowest BCUT2D eigenvalue weighted by Gasteiger charge is -2.10. The monoisotopic (exact) mass is 318 g/mol. The first-order valence-electron chi connectivity index (χ1n) is 6.30. The molecule has 0 saturated carbocycles. The third kappa shape index (κ3) is 6.82. The maximum Gasteiger partial charge on any atom is 0.573 e. The van der Waals surface area contributed by atoms with Crippen LogP contribution in [0.15, 0.2) is 29.3 Å². The van der Waals surface area contributed by atoms with Crippen molar-refractivity contribution in [2.45, 2.75) is 12.8 Å². The second-order valence-corrected chi connectivity index (χ2v) is 4.50. The minimum absolute atomic E-state index is 0.0658. The molecule has 0 saturated heterocycles.